The Kier molecular flexibility index (Phi) is 6.07. The third-order valence-corrected chi connectivity index (χ3v) is 1.31. The van der Waals surface area contributed by atoms with Gasteiger partial charge in [-0.2, -0.15) is 0 Å². The van der Waals surface area contributed by atoms with Crippen molar-refractivity contribution in [3.8, 4) is 0 Å². The number of hydrogen-bond donors (Lipinski definition) is 1. The van der Waals surface area contributed by atoms with Gasteiger partial charge in [0.05, 0.1) is 0 Å². The van der Waals surface area contributed by atoms with Crippen LogP contribution in [0.15, 0.2) is 23.9 Å². The standard InChI is InChI=1S/C10H17NO/c1-4-5-6-7-8-9(2)11-10(3)12/h6-8H,4-5H2,1-3H3,(H,11,12)/b7-6+,9-8+. The average molecular weight is 167 g/mol. The van der Waals surface area contributed by atoms with E-state index in [1.807, 2.05) is 19.1 Å². The smallest absolute Gasteiger partial charge is 0.220 e. The van der Waals surface area contributed by atoms with Gasteiger partial charge in [-0.1, -0.05) is 25.5 Å². The molecule has 0 aliphatic carbocycles. The van der Waals surface area contributed by atoms with Crippen molar-refractivity contribution < 1.29 is 4.79 Å². The largest absolute Gasteiger partial charge is 0.330 e. The Bertz CT molecular complexity index is 192. The Morgan fingerprint density at radius 2 is 2.08 bits per heavy atom. The van der Waals surface area contributed by atoms with Crippen LogP contribution in [0.3, 0.4) is 0 Å². The molecule has 12 heavy (non-hydrogen) atoms. The van der Waals surface area contributed by atoms with E-state index in [0.29, 0.717) is 0 Å². The van der Waals surface area contributed by atoms with Crippen molar-refractivity contribution in [2.45, 2.75) is 33.6 Å². The molecule has 0 aromatic carbocycles. The lowest BCUT2D eigenvalue weighted by Gasteiger charge is -1.97. The van der Waals surface area contributed by atoms with E-state index in [4.69, 9.17) is 0 Å². The minimum Gasteiger partial charge on any atom is -0.330 e. The molecule has 0 spiro atoms. The van der Waals surface area contributed by atoms with Crippen LogP contribution in [0.4, 0.5) is 0 Å². The number of hydrogen-bond acceptors (Lipinski definition) is 1. The van der Waals surface area contributed by atoms with Gasteiger partial charge in [-0.3, -0.25) is 4.79 Å². The quantitative estimate of drug-likeness (QED) is 0.640. The lowest BCUT2D eigenvalue weighted by molar-refractivity contribution is -0.118. The van der Waals surface area contributed by atoms with Gasteiger partial charge in [-0.05, 0) is 19.4 Å². The van der Waals surface area contributed by atoms with Gasteiger partial charge in [0.25, 0.3) is 0 Å². The van der Waals surface area contributed by atoms with Gasteiger partial charge in [0.2, 0.25) is 5.91 Å². The Morgan fingerprint density at radius 1 is 1.42 bits per heavy atom. The highest BCUT2D eigenvalue weighted by Crippen LogP contribution is 1.91. The van der Waals surface area contributed by atoms with E-state index in [1.165, 1.54) is 6.92 Å². The predicted octanol–water partition coefficient (Wildman–Crippen LogP) is 2.38. The highest BCUT2D eigenvalue weighted by molar-refractivity contribution is 5.74. The van der Waals surface area contributed by atoms with Crippen LogP contribution in [0.5, 0.6) is 0 Å². The Morgan fingerprint density at radius 3 is 2.58 bits per heavy atom. The highest BCUT2D eigenvalue weighted by atomic mass is 16.1. The lowest BCUT2D eigenvalue weighted by Crippen LogP contribution is -2.16. The van der Waals surface area contributed by atoms with Crippen LogP contribution in [0, 0.1) is 0 Å². The molecule has 0 atom stereocenters. The molecule has 0 aliphatic rings. The minimum atomic E-state index is -0.0207. The summed E-state index contributed by atoms with van der Waals surface area (Å²) in [5, 5.41) is 2.69. The molecule has 0 aromatic rings. The first-order chi connectivity index (χ1) is 5.66. The van der Waals surface area contributed by atoms with E-state index in [0.717, 1.165) is 18.5 Å². The molecule has 0 saturated heterocycles. The second-order valence-corrected chi connectivity index (χ2v) is 2.75. The SMILES string of the molecule is CCC/C=C/C=C(\C)NC(C)=O. The van der Waals surface area contributed by atoms with Gasteiger partial charge < -0.3 is 5.32 Å². The zero-order valence-corrected chi connectivity index (χ0v) is 8.05. The number of carbonyl (C=O) groups is 1. The summed E-state index contributed by atoms with van der Waals surface area (Å²) in [6.45, 7) is 5.51. The van der Waals surface area contributed by atoms with Crippen LogP contribution in [0.25, 0.3) is 0 Å². The summed E-state index contributed by atoms with van der Waals surface area (Å²) in [6.07, 6.45) is 8.20. The van der Waals surface area contributed by atoms with Crippen LogP contribution in [-0.4, -0.2) is 5.91 Å². The van der Waals surface area contributed by atoms with Crippen molar-refractivity contribution in [2.75, 3.05) is 0 Å². The number of unbranched alkanes of at least 4 members (excludes halogenated alkanes) is 1. The van der Waals surface area contributed by atoms with Crippen molar-refractivity contribution >= 4 is 5.91 Å². The number of rotatable bonds is 4. The first-order valence-electron chi connectivity index (χ1n) is 4.27. The summed E-state index contributed by atoms with van der Waals surface area (Å²) in [5.74, 6) is -0.0207. The molecule has 0 saturated carbocycles. The average Bonchev–Trinajstić information content (AvgIpc) is 1.97. The summed E-state index contributed by atoms with van der Waals surface area (Å²) in [4.78, 5) is 10.6. The fraction of sp³-hybridized carbons (Fsp3) is 0.500. The molecule has 1 amide bonds. The molecular formula is C10H17NO. The zero-order chi connectivity index (χ0) is 9.40. The van der Waals surface area contributed by atoms with Crippen LogP contribution in [-0.2, 0) is 4.79 Å². The third kappa shape index (κ3) is 7.06. The van der Waals surface area contributed by atoms with Gasteiger partial charge >= 0.3 is 0 Å². The Labute approximate surface area is 74.4 Å². The number of carbonyl (C=O) groups excluding carboxylic acids is 1. The summed E-state index contributed by atoms with van der Waals surface area (Å²) in [7, 11) is 0. The zero-order valence-electron chi connectivity index (χ0n) is 8.05. The maximum Gasteiger partial charge on any atom is 0.220 e. The van der Waals surface area contributed by atoms with Crippen LogP contribution in [0.2, 0.25) is 0 Å². The number of allylic oxidation sites excluding steroid dienone is 4. The summed E-state index contributed by atoms with van der Waals surface area (Å²) < 4.78 is 0. The molecule has 0 bridgehead atoms. The van der Waals surface area contributed by atoms with Crippen molar-refractivity contribution in [2.24, 2.45) is 0 Å². The summed E-state index contributed by atoms with van der Waals surface area (Å²) >= 11 is 0. The molecule has 0 heterocycles. The highest BCUT2D eigenvalue weighted by Gasteiger charge is 1.88. The number of nitrogens with one attached hydrogen (secondary N) is 1. The van der Waals surface area contributed by atoms with Crippen molar-refractivity contribution in [1.82, 2.24) is 5.32 Å². The predicted molar refractivity (Wildman–Crippen MR) is 51.6 cm³/mol. The van der Waals surface area contributed by atoms with Crippen LogP contribution in [0.1, 0.15) is 33.6 Å². The van der Waals surface area contributed by atoms with E-state index in [9.17, 15) is 4.79 Å². The maximum atomic E-state index is 10.6. The molecular weight excluding hydrogens is 150 g/mol. The van der Waals surface area contributed by atoms with E-state index in [1.54, 1.807) is 0 Å². The van der Waals surface area contributed by atoms with Gasteiger partial charge in [0.15, 0.2) is 0 Å². The van der Waals surface area contributed by atoms with Gasteiger partial charge in [0, 0.05) is 12.6 Å². The molecule has 0 aromatic heterocycles. The Balaban J connectivity index is 3.75. The van der Waals surface area contributed by atoms with Crippen molar-refractivity contribution in [3.63, 3.8) is 0 Å². The molecule has 2 heteroatoms. The maximum absolute atomic E-state index is 10.6. The first-order valence-corrected chi connectivity index (χ1v) is 4.27. The van der Waals surface area contributed by atoms with E-state index < -0.39 is 0 Å². The van der Waals surface area contributed by atoms with Crippen molar-refractivity contribution in [3.05, 3.63) is 23.9 Å². The first kappa shape index (κ1) is 11.0. The topological polar surface area (TPSA) is 29.1 Å². The number of amides is 1. The fourth-order valence-corrected chi connectivity index (χ4v) is 0.795. The monoisotopic (exact) mass is 167 g/mol. The van der Waals surface area contributed by atoms with E-state index in [-0.39, 0.29) is 5.91 Å². The molecule has 0 radical (unpaired) electrons. The van der Waals surface area contributed by atoms with Gasteiger partial charge in [0.1, 0.15) is 0 Å². The van der Waals surface area contributed by atoms with Gasteiger partial charge in [-0.15, -0.1) is 0 Å². The lowest BCUT2D eigenvalue weighted by atomic mass is 10.3. The second-order valence-electron chi connectivity index (χ2n) is 2.75. The van der Waals surface area contributed by atoms with E-state index >= 15 is 0 Å². The molecule has 0 aliphatic heterocycles. The molecule has 68 valence electrons. The summed E-state index contributed by atoms with van der Waals surface area (Å²) in [6, 6.07) is 0. The third-order valence-electron chi connectivity index (χ3n) is 1.31. The summed E-state index contributed by atoms with van der Waals surface area (Å²) in [5.41, 5.74) is 0.884. The molecule has 0 unspecified atom stereocenters. The molecule has 0 rings (SSSR count). The minimum absolute atomic E-state index is 0.0207. The van der Waals surface area contributed by atoms with Gasteiger partial charge in [-0.25, -0.2) is 0 Å². The van der Waals surface area contributed by atoms with Crippen molar-refractivity contribution in [1.29, 1.82) is 0 Å². The van der Waals surface area contributed by atoms with Crippen LogP contribution < -0.4 is 5.32 Å². The Hall–Kier alpha value is -1.05. The van der Waals surface area contributed by atoms with E-state index in [2.05, 4.69) is 18.3 Å². The fourth-order valence-electron chi connectivity index (χ4n) is 0.795. The van der Waals surface area contributed by atoms with Crippen LogP contribution >= 0.6 is 0 Å². The molecule has 2 nitrogen and oxygen atoms in total. The second kappa shape index (κ2) is 6.65. The normalized spacial score (nSPS) is 12.1. The molecule has 1 N–H and O–H groups in total. The molecule has 0 fully saturated rings.